The van der Waals surface area contributed by atoms with Crippen LogP contribution in [0.3, 0.4) is 0 Å². The summed E-state index contributed by atoms with van der Waals surface area (Å²) in [4.78, 5) is 14.5. The number of rotatable bonds is 5. The lowest BCUT2D eigenvalue weighted by molar-refractivity contribution is 0.0912. The summed E-state index contributed by atoms with van der Waals surface area (Å²) in [5.74, 6) is 0.440. The lowest BCUT2D eigenvalue weighted by atomic mass is 10.0. The number of carbonyl (C=O) groups excluding carboxylic acids is 1. The fourth-order valence-corrected chi connectivity index (χ4v) is 3.94. The third kappa shape index (κ3) is 4.06. The maximum absolute atomic E-state index is 12.3. The molecule has 0 saturated heterocycles. The Kier molecular flexibility index (Phi) is 5.61. The van der Waals surface area contributed by atoms with E-state index in [1.54, 1.807) is 11.3 Å². The SMILES string of the molecule is CC(C)CC(CO)NC(=O)c1cc2c(s1)CCCCC2. The molecular weight excluding hydrogens is 270 g/mol. The summed E-state index contributed by atoms with van der Waals surface area (Å²) < 4.78 is 0. The molecule has 0 spiro atoms. The fraction of sp³-hybridized carbons (Fsp3) is 0.688. The van der Waals surface area contributed by atoms with Crippen molar-refractivity contribution >= 4 is 17.2 Å². The predicted octanol–water partition coefficient (Wildman–Crippen LogP) is 3.15. The van der Waals surface area contributed by atoms with E-state index in [1.165, 1.54) is 29.7 Å². The minimum Gasteiger partial charge on any atom is -0.394 e. The average molecular weight is 295 g/mol. The molecule has 1 atom stereocenters. The van der Waals surface area contributed by atoms with E-state index in [4.69, 9.17) is 0 Å². The van der Waals surface area contributed by atoms with E-state index in [0.717, 1.165) is 24.1 Å². The van der Waals surface area contributed by atoms with Gasteiger partial charge in [0.25, 0.3) is 5.91 Å². The van der Waals surface area contributed by atoms with Crippen molar-refractivity contribution in [2.45, 2.75) is 58.4 Å². The lowest BCUT2D eigenvalue weighted by Crippen LogP contribution is -2.38. The lowest BCUT2D eigenvalue weighted by Gasteiger charge is -2.17. The number of aryl methyl sites for hydroxylation is 2. The molecule has 0 bridgehead atoms. The maximum Gasteiger partial charge on any atom is 0.261 e. The Balaban J connectivity index is 2.02. The average Bonchev–Trinajstić information content (AvgIpc) is 2.69. The molecule has 0 radical (unpaired) electrons. The highest BCUT2D eigenvalue weighted by atomic mass is 32.1. The molecule has 1 amide bonds. The van der Waals surface area contributed by atoms with E-state index >= 15 is 0 Å². The van der Waals surface area contributed by atoms with Crippen LogP contribution in [0.4, 0.5) is 0 Å². The molecule has 0 saturated carbocycles. The van der Waals surface area contributed by atoms with E-state index in [0.29, 0.717) is 5.92 Å². The molecule has 4 heteroatoms. The summed E-state index contributed by atoms with van der Waals surface area (Å²) in [6, 6.07) is 1.93. The first-order chi connectivity index (χ1) is 9.60. The number of thiophene rings is 1. The Morgan fingerprint density at radius 1 is 1.35 bits per heavy atom. The van der Waals surface area contributed by atoms with Crippen LogP contribution in [0, 0.1) is 5.92 Å². The first-order valence-corrected chi connectivity index (χ1v) is 8.45. The molecule has 1 aromatic heterocycles. The highest BCUT2D eigenvalue weighted by Crippen LogP contribution is 2.29. The van der Waals surface area contributed by atoms with Crippen LogP contribution in [0.2, 0.25) is 0 Å². The van der Waals surface area contributed by atoms with E-state index in [2.05, 4.69) is 25.2 Å². The second-order valence-corrected chi connectivity index (χ2v) is 7.24. The molecule has 0 aromatic carbocycles. The van der Waals surface area contributed by atoms with Gasteiger partial charge >= 0.3 is 0 Å². The zero-order chi connectivity index (χ0) is 14.5. The van der Waals surface area contributed by atoms with Gasteiger partial charge in [-0.15, -0.1) is 11.3 Å². The van der Waals surface area contributed by atoms with E-state index in [-0.39, 0.29) is 18.6 Å². The first-order valence-electron chi connectivity index (χ1n) is 7.63. The molecule has 0 aliphatic heterocycles. The van der Waals surface area contributed by atoms with Gasteiger partial charge in [-0.2, -0.15) is 0 Å². The summed E-state index contributed by atoms with van der Waals surface area (Å²) in [7, 11) is 0. The van der Waals surface area contributed by atoms with Gasteiger partial charge in [-0.3, -0.25) is 4.79 Å². The highest BCUT2D eigenvalue weighted by Gasteiger charge is 2.19. The van der Waals surface area contributed by atoms with Crippen LogP contribution >= 0.6 is 11.3 Å². The van der Waals surface area contributed by atoms with E-state index < -0.39 is 0 Å². The molecule has 2 N–H and O–H groups in total. The van der Waals surface area contributed by atoms with Crippen LogP contribution in [0.1, 0.15) is 59.6 Å². The summed E-state index contributed by atoms with van der Waals surface area (Å²) in [5, 5.41) is 12.3. The van der Waals surface area contributed by atoms with Gasteiger partial charge in [-0.05, 0) is 49.7 Å². The minimum absolute atomic E-state index is 0.00894. The second kappa shape index (κ2) is 7.23. The summed E-state index contributed by atoms with van der Waals surface area (Å²) >= 11 is 1.63. The second-order valence-electron chi connectivity index (χ2n) is 6.10. The molecule has 0 fully saturated rings. The number of hydrogen-bond acceptors (Lipinski definition) is 3. The number of aliphatic hydroxyl groups excluding tert-OH is 1. The fourth-order valence-electron chi connectivity index (χ4n) is 2.78. The number of nitrogens with one attached hydrogen (secondary N) is 1. The molecule has 3 nitrogen and oxygen atoms in total. The minimum atomic E-state index is -0.135. The number of fused-ring (bicyclic) bond motifs is 1. The molecule has 1 aliphatic carbocycles. The molecule has 2 rings (SSSR count). The summed E-state index contributed by atoms with van der Waals surface area (Å²) in [6.07, 6.45) is 6.80. The Morgan fingerprint density at radius 2 is 2.10 bits per heavy atom. The van der Waals surface area contributed by atoms with Crippen molar-refractivity contribution < 1.29 is 9.90 Å². The largest absolute Gasteiger partial charge is 0.394 e. The van der Waals surface area contributed by atoms with Crippen LogP contribution in [-0.2, 0) is 12.8 Å². The summed E-state index contributed by atoms with van der Waals surface area (Å²) in [6.45, 7) is 4.21. The third-order valence-electron chi connectivity index (χ3n) is 3.78. The zero-order valence-corrected chi connectivity index (χ0v) is 13.3. The van der Waals surface area contributed by atoms with Gasteiger partial charge in [-0.25, -0.2) is 0 Å². The Hall–Kier alpha value is -0.870. The van der Waals surface area contributed by atoms with Crippen LogP contribution in [0.25, 0.3) is 0 Å². The number of aliphatic hydroxyl groups is 1. The smallest absolute Gasteiger partial charge is 0.261 e. The van der Waals surface area contributed by atoms with Gasteiger partial charge in [0.05, 0.1) is 17.5 Å². The van der Waals surface area contributed by atoms with Crippen molar-refractivity contribution in [2.24, 2.45) is 5.92 Å². The van der Waals surface area contributed by atoms with Crippen molar-refractivity contribution in [1.82, 2.24) is 5.32 Å². The van der Waals surface area contributed by atoms with Crippen LogP contribution in [0.5, 0.6) is 0 Å². The topological polar surface area (TPSA) is 49.3 Å². The molecule has 1 aliphatic rings. The summed E-state index contributed by atoms with van der Waals surface area (Å²) in [5.41, 5.74) is 1.36. The molecule has 1 heterocycles. The molecule has 1 unspecified atom stereocenters. The number of amides is 1. The molecular formula is C16H25NO2S. The van der Waals surface area contributed by atoms with Gasteiger partial charge in [0, 0.05) is 4.88 Å². The van der Waals surface area contributed by atoms with Crippen LogP contribution < -0.4 is 5.32 Å². The standard InChI is InChI=1S/C16H25NO2S/c1-11(2)8-13(10-18)17-16(19)15-9-12-6-4-3-5-7-14(12)20-15/h9,11,13,18H,3-8,10H2,1-2H3,(H,17,19). The Labute approximate surface area is 125 Å². The normalized spacial score (nSPS) is 16.6. The predicted molar refractivity (Wildman–Crippen MR) is 83.4 cm³/mol. The molecule has 20 heavy (non-hydrogen) atoms. The first kappa shape index (κ1) is 15.5. The van der Waals surface area contributed by atoms with Gasteiger partial charge in [-0.1, -0.05) is 20.3 Å². The molecule has 1 aromatic rings. The van der Waals surface area contributed by atoms with Gasteiger partial charge in [0.1, 0.15) is 0 Å². The van der Waals surface area contributed by atoms with Crippen molar-refractivity contribution in [3.05, 3.63) is 21.4 Å². The van der Waals surface area contributed by atoms with Crippen molar-refractivity contribution in [2.75, 3.05) is 6.61 Å². The Bertz CT molecular complexity index is 430. The van der Waals surface area contributed by atoms with Crippen molar-refractivity contribution in [3.8, 4) is 0 Å². The highest BCUT2D eigenvalue weighted by molar-refractivity contribution is 7.14. The number of carbonyl (C=O) groups is 1. The van der Waals surface area contributed by atoms with Crippen molar-refractivity contribution in [1.29, 1.82) is 0 Å². The third-order valence-corrected chi connectivity index (χ3v) is 5.02. The quantitative estimate of drug-likeness (QED) is 0.820. The van der Waals surface area contributed by atoms with Crippen LogP contribution in [-0.4, -0.2) is 23.7 Å². The van der Waals surface area contributed by atoms with Crippen LogP contribution in [0.15, 0.2) is 6.07 Å². The van der Waals surface area contributed by atoms with Gasteiger partial charge in [0.2, 0.25) is 0 Å². The van der Waals surface area contributed by atoms with E-state index in [1.807, 2.05) is 0 Å². The maximum atomic E-state index is 12.3. The number of hydrogen-bond donors (Lipinski definition) is 2. The zero-order valence-electron chi connectivity index (χ0n) is 12.4. The Morgan fingerprint density at radius 3 is 2.80 bits per heavy atom. The molecule has 112 valence electrons. The van der Waals surface area contributed by atoms with Gasteiger partial charge < -0.3 is 10.4 Å². The van der Waals surface area contributed by atoms with Gasteiger partial charge in [0.15, 0.2) is 0 Å². The monoisotopic (exact) mass is 295 g/mol. The van der Waals surface area contributed by atoms with E-state index in [9.17, 15) is 9.90 Å². The van der Waals surface area contributed by atoms with Crippen molar-refractivity contribution in [3.63, 3.8) is 0 Å².